The van der Waals surface area contributed by atoms with Crippen LogP contribution in [0.5, 0.6) is 0 Å². The third-order valence-electron chi connectivity index (χ3n) is 3.17. The molecule has 19 heavy (non-hydrogen) atoms. The number of hydrogen-bond acceptors (Lipinski definition) is 3. The summed E-state index contributed by atoms with van der Waals surface area (Å²) < 4.78 is 0. The van der Waals surface area contributed by atoms with Crippen LogP contribution in [-0.4, -0.2) is 40.4 Å². The number of carbonyl (C=O) groups is 1. The number of rotatable bonds is 5. The first-order chi connectivity index (χ1) is 9.15. The summed E-state index contributed by atoms with van der Waals surface area (Å²) in [6, 6.07) is 7.21. The number of amides is 1. The van der Waals surface area contributed by atoms with Crippen molar-refractivity contribution >= 4 is 16.8 Å². The Morgan fingerprint density at radius 2 is 2.00 bits per heavy atom. The Bertz CT molecular complexity index is 573. The molecule has 0 fully saturated rings. The van der Waals surface area contributed by atoms with Gasteiger partial charge in [-0.3, -0.25) is 4.79 Å². The van der Waals surface area contributed by atoms with Crippen LogP contribution in [0.25, 0.3) is 10.9 Å². The molecule has 0 aliphatic heterocycles. The number of carbonyl (C=O) groups excluding carboxylic acids is 1. The van der Waals surface area contributed by atoms with E-state index in [4.69, 9.17) is 10.2 Å². The molecular weight excluding hydrogens is 244 g/mol. The van der Waals surface area contributed by atoms with E-state index in [2.05, 4.69) is 10.3 Å². The summed E-state index contributed by atoms with van der Waals surface area (Å²) in [7, 11) is 0. The lowest BCUT2D eigenvalue weighted by Gasteiger charge is -2.13. The molecule has 0 saturated carbocycles. The van der Waals surface area contributed by atoms with E-state index >= 15 is 0 Å². The minimum absolute atomic E-state index is 0.207. The summed E-state index contributed by atoms with van der Waals surface area (Å²) in [6.45, 7) is 1.39. The van der Waals surface area contributed by atoms with Gasteiger partial charge in [0.25, 0.3) is 0 Å². The molecule has 0 aliphatic rings. The van der Waals surface area contributed by atoms with Crippen molar-refractivity contribution in [2.24, 2.45) is 0 Å². The fraction of sp³-hybridized carbons (Fsp3) is 0.357. The summed E-state index contributed by atoms with van der Waals surface area (Å²) in [5, 5.41) is 21.5. The topological polar surface area (TPSA) is 85.4 Å². The predicted molar refractivity (Wildman–Crippen MR) is 72.8 cm³/mol. The molecule has 5 heteroatoms. The average Bonchev–Trinajstić information content (AvgIpc) is 2.72. The van der Waals surface area contributed by atoms with Crippen LogP contribution in [0, 0.1) is 6.92 Å². The second kappa shape index (κ2) is 5.86. The van der Waals surface area contributed by atoms with E-state index in [1.165, 1.54) is 0 Å². The van der Waals surface area contributed by atoms with Gasteiger partial charge in [0, 0.05) is 16.6 Å². The van der Waals surface area contributed by atoms with Crippen molar-refractivity contribution in [3.05, 3.63) is 35.5 Å². The minimum Gasteiger partial charge on any atom is -0.394 e. The molecule has 2 aromatic rings. The molecule has 0 atom stereocenters. The van der Waals surface area contributed by atoms with Crippen molar-refractivity contribution < 1.29 is 15.0 Å². The highest BCUT2D eigenvalue weighted by Gasteiger charge is 2.14. The van der Waals surface area contributed by atoms with Gasteiger partial charge in [-0.2, -0.15) is 0 Å². The van der Waals surface area contributed by atoms with Gasteiger partial charge >= 0.3 is 0 Å². The molecule has 0 spiro atoms. The molecular formula is C14H18N2O3. The van der Waals surface area contributed by atoms with Gasteiger partial charge in [0.05, 0.1) is 25.7 Å². The van der Waals surface area contributed by atoms with Gasteiger partial charge < -0.3 is 20.5 Å². The molecule has 5 nitrogen and oxygen atoms in total. The zero-order valence-electron chi connectivity index (χ0n) is 10.8. The third-order valence-corrected chi connectivity index (χ3v) is 3.17. The highest BCUT2D eigenvalue weighted by Crippen LogP contribution is 2.22. The highest BCUT2D eigenvalue weighted by molar-refractivity contribution is 5.90. The zero-order valence-corrected chi connectivity index (χ0v) is 10.8. The predicted octanol–water partition coefficient (Wildman–Crippen LogP) is 0.488. The highest BCUT2D eigenvalue weighted by atomic mass is 16.3. The van der Waals surface area contributed by atoms with E-state index in [-0.39, 0.29) is 25.5 Å². The number of hydrogen-bond donors (Lipinski definition) is 4. The number of aromatic amines is 1. The number of benzene rings is 1. The monoisotopic (exact) mass is 262 g/mol. The Hall–Kier alpha value is -1.85. The first-order valence-electron chi connectivity index (χ1n) is 6.23. The standard InChI is InChI=1S/C14H18N2O3/c1-9-12(6-14(19)16-10(7-17)8-18)11-4-2-3-5-13(11)15-9/h2-5,10,15,17-18H,6-8H2,1H3,(H,16,19). The number of fused-ring (bicyclic) bond motifs is 1. The van der Waals surface area contributed by atoms with Crippen LogP contribution in [0.1, 0.15) is 11.3 Å². The molecule has 4 N–H and O–H groups in total. The number of aryl methyl sites for hydroxylation is 1. The number of aliphatic hydroxyl groups excluding tert-OH is 2. The van der Waals surface area contributed by atoms with Gasteiger partial charge in [-0.15, -0.1) is 0 Å². The number of aliphatic hydroxyl groups is 2. The van der Waals surface area contributed by atoms with Crippen LogP contribution in [-0.2, 0) is 11.2 Å². The number of H-pyrrole nitrogens is 1. The van der Waals surface area contributed by atoms with Crippen molar-refractivity contribution in [1.29, 1.82) is 0 Å². The van der Waals surface area contributed by atoms with Crippen LogP contribution >= 0.6 is 0 Å². The lowest BCUT2D eigenvalue weighted by Crippen LogP contribution is -2.40. The molecule has 0 aliphatic carbocycles. The maximum Gasteiger partial charge on any atom is 0.224 e. The van der Waals surface area contributed by atoms with E-state index < -0.39 is 6.04 Å². The molecule has 1 amide bonds. The number of nitrogens with one attached hydrogen (secondary N) is 2. The van der Waals surface area contributed by atoms with Gasteiger partial charge in [-0.05, 0) is 18.6 Å². The fourth-order valence-electron chi connectivity index (χ4n) is 2.15. The van der Waals surface area contributed by atoms with Gasteiger partial charge in [0.15, 0.2) is 0 Å². The van der Waals surface area contributed by atoms with Gasteiger partial charge in [-0.1, -0.05) is 18.2 Å². The fourth-order valence-corrected chi connectivity index (χ4v) is 2.15. The SMILES string of the molecule is Cc1[nH]c2ccccc2c1CC(=O)NC(CO)CO. The lowest BCUT2D eigenvalue weighted by atomic mass is 10.1. The van der Waals surface area contributed by atoms with Gasteiger partial charge in [-0.25, -0.2) is 0 Å². The molecule has 1 aromatic heterocycles. The van der Waals surface area contributed by atoms with E-state index in [1.807, 2.05) is 31.2 Å². The second-order valence-electron chi connectivity index (χ2n) is 4.58. The maximum absolute atomic E-state index is 11.9. The van der Waals surface area contributed by atoms with E-state index in [1.54, 1.807) is 0 Å². The first kappa shape index (κ1) is 13.6. The Balaban J connectivity index is 2.17. The van der Waals surface area contributed by atoms with Crippen molar-refractivity contribution in [1.82, 2.24) is 10.3 Å². The number of aromatic nitrogens is 1. The van der Waals surface area contributed by atoms with E-state index in [9.17, 15) is 4.79 Å². The third kappa shape index (κ3) is 2.94. The molecule has 0 bridgehead atoms. The molecule has 102 valence electrons. The van der Waals surface area contributed by atoms with Crippen molar-refractivity contribution in [3.63, 3.8) is 0 Å². The Morgan fingerprint density at radius 3 is 2.68 bits per heavy atom. The lowest BCUT2D eigenvalue weighted by molar-refractivity contribution is -0.121. The Kier molecular flexibility index (Phi) is 4.19. The van der Waals surface area contributed by atoms with E-state index in [0.717, 1.165) is 22.2 Å². The summed E-state index contributed by atoms with van der Waals surface area (Å²) in [4.78, 5) is 15.1. The molecule has 2 rings (SSSR count). The summed E-state index contributed by atoms with van der Waals surface area (Å²) >= 11 is 0. The van der Waals surface area contributed by atoms with Crippen LogP contribution < -0.4 is 5.32 Å². The summed E-state index contributed by atoms with van der Waals surface area (Å²) in [6.07, 6.45) is 0.229. The largest absolute Gasteiger partial charge is 0.394 e. The minimum atomic E-state index is -0.599. The average molecular weight is 262 g/mol. The van der Waals surface area contributed by atoms with Crippen LogP contribution in [0.15, 0.2) is 24.3 Å². The summed E-state index contributed by atoms with van der Waals surface area (Å²) in [5.74, 6) is -0.207. The van der Waals surface area contributed by atoms with Gasteiger partial charge in [0.2, 0.25) is 5.91 Å². The molecule has 0 unspecified atom stereocenters. The van der Waals surface area contributed by atoms with E-state index in [0.29, 0.717) is 0 Å². The summed E-state index contributed by atoms with van der Waals surface area (Å²) in [5.41, 5.74) is 2.91. The second-order valence-corrected chi connectivity index (χ2v) is 4.58. The van der Waals surface area contributed by atoms with Crippen molar-refractivity contribution in [2.45, 2.75) is 19.4 Å². The zero-order chi connectivity index (χ0) is 13.8. The van der Waals surface area contributed by atoms with Crippen molar-refractivity contribution in [2.75, 3.05) is 13.2 Å². The smallest absolute Gasteiger partial charge is 0.224 e. The van der Waals surface area contributed by atoms with Crippen LogP contribution in [0.4, 0.5) is 0 Å². The number of para-hydroxylation sites is 1. The Labute approximate surface area is 111 Å². The molecule has 1 heterocycles. The molecule has 1 aromatic carbocycles. The van der Waals surface area contributed by atoms with Gasteiger partial charge in [0.1, 0.15) is 0 Å². The quantitative estimate of drug-likeness (QED) is 0.632. The first-order valence-corrected chi connectivity index (χ1v) is 6.23. The van der Waals surface area contributed by atoms with Crippen LogP contribution in [0.2, 0.25) is 0 Å². The van der Waals surface area contributed by atoms with Crippen molar-refractivity contribution in [3.8, 4) is 0 Å². The molecule has 0 saturated heterocycles. The Morgan fingerprint density at radius 1 is 1.32 bits per heavy atom. The van der Waals surface area contributed by atoms with Crippen LogP contribution in [0.3, 0.4) is 0 Å². The normalized spacial score (nSPS) is 11.2. The maximum atomic E-state index is 11.9. The molecule has 0 radical (unpaired) electrons.